The lowest BCUT2D eigenvalue weighted by molar-refractivity contribution is -0.138. The quantitative estimate of drug-likeness (QED) is 0.641. The smallest absolute Gasteiger partial charge is 0.259 e. The summed E-state index contributed by atoms with van der Waals surface area (Å²) in [5.41, 5.74) is 0.983. The molecule has 8 nitrogen and oxygen atoms in total. The second-order valence-electron chi connectivity index (χ2n) is 9.36. The van der Waals surface area contributed by atoms with Crippen LogP contribution in [0, 0.1) is 23.7 Å². The zero-order valence-electron chi connectivity index (χ0n) is 20.7. The Kier molecular flexibility index (Phi) is 9.31. The first kappa shape index (κ1) is 26.0. The van der Waals surface area contributed by atoms with Crippen LogP contribution in [-0.4, -0.2) is 83.8 Å². The molecule has 0 saturated carbocycles. The number of aliphatic hydroxyl groups excluding tert-OH is 1. The molecule has 8 heteroatoms. The van der Waals surface area contributed by atoms with Gasteiger partial charge in [-0.05, 0) is 32.3 Å². The predicted molar refractivity (Wildman–Crippen MR) is 128 cm³/mol. The van der Waals surface area contributed by atoms with Gasteiger partial charge in [-0.3, -0.25) is 9.59 Å². The van der Waals surface area contributed by atoms with E-state index in [0.29, 0.717) is 37.4 Å². The van der Waals surface area contributed by atoms with Gasteiger partial charge < -0.3 is 24.4 Å². The van der Waals surface area contributed by atoms with Crippen LogP contribution in [0.5, 0.6) is 5.88 Å². The number of aromatic nitrogens is 1. The van der Waals surface area contributed by atoms with Gasteiger partial charge in [0.15, 0.2) is 0 Å². The van der Waals surface area contributed by atoms with Crippen LogP contribution in [0.3, 0.4) is 0 Å². The molecule has 34 heavy (non-hydrogen) atoms. The lowest BCUT2D eigenvalue weighted by Gasteiger charge is -2.38. The number of aliphatic hydroxyl groups is 1. The Morgan fingerprint density at radius 1 is 1.38 bits per heavy atom. The number of carbonyl (C=O) groups excluding carboxylic acids is 2. The minimum atomic E-state index is -0.363. The Labute approximate surface area is 202 Å². The van der Waals surface area contributed by atoms with Crippen molar-refractivity contribution in [1.82, 2.24) is 14.8 Å². The van der Waals surface area contributed by atoms with Crippen LogP contribution in [0.15, 0.2) is 12.3 Å². The summed E-state index contributed by atoms with van der Waals surface area (Å²) in [5.74, 6) is 6.12. The molecule has 0 aliphatic carbocycles. The minimum Gasteiger partial charge on any atom is -0.472 e. The largest absolute Gasteiger partial charge is 0.472 e. The summed E-state index contributed by atoms with van der Waals surface area (Å²) in [5, 5.41) is 9.80. The van der Waals surface area contributed by atoms with E-state index in [2.05, 4.69) is 23.7 Å². The topological polar surface area (TPSA) is 92.2 Å². The summed E-state index contributed by atoms with van der Waals surface area (Å²) >= 11 is 0. The standard InChI is InChI=1S/C26H37N3O5/c1-5-6-7-8-20-13-22-24(27-14-20)34-23(18(2)15-29(26(22)32)19(3)17-30)16-28(4)25(31)21-9-11-33-12-10-21/h13-14,18-19,21,23,30H,5-6,9-12,15-17H2,1-4H3/t18-,19+,23+/m1/s1. The number of amides is 2. The number of unbranched alkanes of at least 4 members (excludes halogenated alkanes) is 1. The van der Waals surface area contributed by atoms with Crippen LogP contribution in [-0.2, 0) is 9.53 Å². The fraction of sp³-hybridized carbons (Fsp3) is 0.654. The summed E-state index contributed by atoms with van der Waals surface area (Å²) in [6.07, 6.45) is 4.43. The molecule has 3 heterocycles. The number of ether oxygens (including phenoxy) is 2. The van der Waals surface area contributed by atoms with Crippen molar-refractivity contribution in [2.75, 3.05) is 40.0 Å². The van der Waals surface area contributed by atoms with Crippen molar-refractivity contribution < 1.29 is 24.2 Å². The molecule has 0 bridgehead atoms. The summed E-state index contributed by atoms with van der Waals surface area (Å²) in [6.45, 7) is 7.73. The third-order valence-corrected chi connectivity index (χ3v) is 6.53. The van der Waals surface area contributed by atoms with Crippen LogP contribution in [0.1, 0.15) is 62.4 Å². The van der Waals surface area contributed by atoms with Crippen molar-refractivity contribution in [2.24, 2.45) is 11.8 Å². The summed E-state index contributed by atoms with van der Waals surface area (Å²) in [7, 11) is 1.80. The van der Waals surface area contributed by atoms with Gasteiger partial charge in [0, 0.05) is 56.8 Å². The highest BCUT2D eigenvalue weighted by molar-refractivity contribution is 5.97. The van der Waals surface area contributed by atoms with Crippen molar-refractivity contribution >= 4 is 11.8 Å². The van der Waals surface area contributed by atoms with Gasteiger partial charge in [-0.25, -0.2) is 4.98 Å². The van der Waals surface area contributed by atoms with E-state index < -0.39 is 0 Å². The van der Waals surface area contributed by atoms with E-state index in [4.69, 9.17) is 9.47 Å². The third kappa shape index (κ3) is 6.28. The van der Waals surface area contributed by atoms with E-state index >= 15 is 0 Å². The monoisotopic (exact) mass is 471 g/mol. The molecular formula is C26H37N3O5. The molecule has 0 spiro atoms. The maximum atomic E-state index is 13.4. The van der Waals surface area contributed by atoms with Crippen molar-refractivity contribution in [3.63, 3.8) is 0 Å². The normalized spacial score (nSPS) is 21.9. The molecule has 3 atom stereocenters. The first-order valence-electron chi connectivity index (χ1n) is 12.3. The number of likely N-dealkylation sites (N-methyl/N-ethyl adjacent to an activating group) is 1. The summed E-state index contributed by atoms with van der Waals surface area (Å²) in [6, 6.07) is 1.35. The van der Waals surface area contributed by atoms with E-state index in [1.54, 1.807) is 29.1 Å². The summed E-state index contributed by atoms with van der Waals surface area (Å²) in [4.78, 5) is 34.3. The maximum absolute atomic E-state index is 13.4. The Morgan fingerprint density at radius 2 is 2.12 bits per heavy atom. The molecule has 2 amide bonds. The highest BCUT2D eigenvalue weighted by Crippen LogP contribution is 2.28. The Hall–Kier alpha value is -2.63. The molecule has 1 fully saturated rings. The summed E-state index contributed by atoms with van der Waals surface area (Å²) < 4.78 is 11.7. The first-order chi connectivity index (χ1) is 16.3. The van der Waals surface area contributed by atoms with Gasteiger partial charge in [0.2, 0.25) is 11.8 Å². The molecule has 0 radical (unpaired) electrons. The molecule has 1 saturated heterocycles. The SMILES string of the molecule is CCCC#Cc1cnc2c(c1)C(=O)N([C@@H](C)CO)C[C@@H](C)[C@H](CN(C)C(=O)C1CCOCC1)O2. The first-order valence-corrected chi connectivity index (χ1v) is 12.3. The van der Waals surface area contributed by atoms with Crippen LogP contribution in [0.4, 0.5) is 0 Å². The number of hydrogen-bond acceptors (Lipinski definition) is 6. The molecule has 1 aromatic rings. The predicted octanol–water partition coefficient (Wildman–Crippen LogP) is 2.34. The van der Waals surface area contributed by atoms with Crippen molar-refractivity contribution in [3.05, 3.63) is 23.4 Å². The zero-order chi connectivity index (χ0) is 24.7. The van der Waals surface area contributed by atoms with Crippen molar-refractivity contribution in [1.29, 1.82) is 0 Å². The zero-order valence-corrected chi connectivity index (χ0v) is 20.7. The second kappa shape index (κ2) is 12.2. The number of carbonyl (C=O) groups is 2. The second-order valence-corrected chi connectivity index (χ2v) is 9.36. The molecule has 1 N–H and O–H groups in total. The van der Waals surface area contributed by atoms with E-state index in [9.17, 15) is 14.7 Å². The molecule has 0 unspecified atom stereocenters. The van der Waals surface area contributed by atoms with Crippen LogP contribution in [0.2, 0.25) is 0 Å². The molecular weight excluding hydrogens is 434 g/mol. The van der Waals surface area contributed by atoms with Gasteiger partial charge in [-0.2, -0.15) is 0 Å². The fourth-order valence-corrected chi connectivity index (χ4v) is 4.29. The minimum absolute atomic E-state index is 0.0373. The molecule has 2 aliphatic rings. The van der Waals surface area contributed by atoms with Gasteiger partial charge in [-0.15, -0.1) is 0 Å². The average molecular weight is 472 g/mol. The van der Waals surface area contributed by atoms with E-state index in [0.717, 1.165) is 25.7 Å². The van der Waals surface area contributed by atoms with Crippen molar-refractivity contribution in [3.8, 4) is 17.7 Å². The Morgan fingerprint density at radius 3 is 2.79 bits per heavy atom. The molecule has 1 aromatic heterocycles. The van der Waals surface area contributed by atoms with E-state index in [1.165, 1.54) is 0 Å². The van der Waals surface area contributed by atoms with E-state index in [-0.39, 0.29) is 48.3 Å². The van der Waals surface area contributed by atoms with Crippen LogP contribution >= 0.6 is 0 Å². The van der Waals surface area contributed by atoms with Gasteiger partial charge in [0.1, 0.15) is 11.7 Å². The van der Waals surface area contributed by atoms with Gasteiger partial charge >= 0.3 is 0 Å². The Bertz CT molecular complexity index is 919. The lowest BCUT2D eigenvalue weighted by atomic mass is 9.97. The lowest BCUT2D eigenvalue weighted by Crippen LogP contribution is -2.51. The number of pyridine rings is 1. The van der Waals surface area contributed by atoms with Crippen LogP contribution in [0.25, 0.3) is 0 Å². The number of rotatable bonds is 6. The average Bonchev–Trinajstić information content (AvgIpc) is 2.86. The number of hydrogen-bond donors (Lipinski definition) is 1. The molecule has 186 valence electrons. The highest BCUT2D eigenvalue weighted by Gasteiger charge is 2.35. The highest BCUT2D eigenvalue weighted by atomic mass is 16.5. The van der Waals surface area contributed by atoms with Gasteiger partial charge in [0.25, 0.3) is 5.91 Å². The number of fused-ring (bicyclic) bond motifs is 1. The Balaban J connectivity index is 1.88. The maximum Gasteiger partial charge on any atom is 0.259 e. The van der Waals surface area contributed by atoms with Crippen molar-refractivity contribution in [2.45, 2.75) is 58.6 Å². The van der Waals surface area contributed by atoms with Gasteiger partial charge in [0.05, 0.1) is 19.2 Å². The third-order valence-electron chi connectivity index (χ3n) is 6.53. The molecule has 3 rings (SSSR count). The van der Waals surface area contributed by atoms with Gasteiger partial charge in [-0.1, -0.05) is 25.7 Å². The fourth-order valence-electron chi connectivity index (χ4n) is 4.29. The molecule has 0 aromatic carbocycles. The van der Waals surface area contributed by atoms with Crippen LogP contribution < -0.4 is 4.74 Å². The van der Waals surface area contributed by atoms with E-state index in [1.807, 2.05) is 13.8 Å². The molecule has 2 aliphatic heterocycles. The number of nitrogens with zero attached hydrogens (tertiary/aromatic N) is 3.